The Morgan fingerprint density at radius 1 is 1.09 bits per heavy atom. The number of pyridine rings is 2. The van der Waals surface area contributed by atoms with E-state index in [9.17, 15) is 4.79 Å². The number of fused-ring (bicyclic) bond motifs is 1. The summed E-state index contributed by atoms with van der Waals surface area (Å²) >= 11 is 0. The zero-order chi connectivity index (χ0) is 22.8. The van der Waals surface area contributed by atoms with Gasteiger partial charge in [-0.25, -0.2) is 4.68 Å². The van der Waals surface area contributed by atoms with Crippen molar-refractivity contribution in [1.82, 2.24) is 24.7 Å². The van der Waals surface area contributed by atoms with E-state index in [2.05, 4.69) is 25.6 Å². The van der Waals surface area contributed by atoms with Crippen LogP contribution in [0.15, 0.2) is 84.5 Å². The van der Waals surface area contributed by atoms with Gasteiger partial charge in [0, 0.05) is 23.7 Å². The predicted molar refractivity (Wildman–Crippen MR) is 124 cm³/mol. The molecule has 4 aromatic rings. The Kier molecular flexibility index (Phi) is 5.27. The van der Waals surface area contributed by atoms with Crippen molar-refractivity contribution in [1.29, 1.82) is 0 Å². The Bertz CT molecular complexity index is 1320. The van der Waals surface area contributed by atoms with Gasteiger partial charge in [0.1, 0.15) is 11.8 Å². The second-order valence-electron chi connectivity index (χ2n) is 7.45. The Labute approximate surface area is 190 Å². The van der Waals surface area contributed by atoms with Crippen LogP contribution in [0.3, 0.4) is 0 Å². The van der Waals surface area contributed by atoms with Gasteiger partial charge in [-0.3, -0.25) is 14.8 Å². The average Bonchev–Trinajstić information content (AvgIpc) is 3.28. The molecule has 0 radical (unpaired) electrons. The van der Waals surface area contributed by atoms with Gasteiger partial charge >= 0.3 is 0 Å². The van der Waals surface area contributed by atoms with E-state index in [1.807, 2.05) is 49.4 Å². The molecule has 0 fully saturated rings. The molecular weight excluding hydrogens is 418 g/mol. The molecule has 164 valence electrons. The Morgan fingerprint density at radius 2 is 1.94 bits per heavy atom. The van der Waals surface area contributed by atoms with Crippen LogP contribution in [-0.4, -0.2) is 37.7 Å². The molecule has 2 N–H and O–H groups in total. The number of methoxy groups -OCH3 is 1. The Morgan fingerprint density at radius 3 is 2.64 bits per heavy atom. The first-order chi connectivity index (χ1) is 16.1. The summed E-state index contributed by atoms with van der Waals surface area (Å²) < 4.78 is 6.94. The minimum absolute atomic E-state index is 0.268. The van der Waals surface area contributed by atoms with Crippen LogP contribution in [-0.2, 0) is 4.79 Å². The molecule has 0 unspecified atom stereocenters. The van der Waals surface area contributed by atoms with Crippen LogP contribution in [0.2, 0.25) is 0 Å². The van der Waals surface area contributed by atoms with Crippen molar-refractivity contribution in [2.24, 2.45) is 0 Å². The molecule has 1 atom stereocenters. The van der Waals surface area contributed by atoms with Crippen molar-refractivity contribution in [2.75, 3.05) is 17.7 Å². The third kappa shape index (κ3) is 3.91. The van der Waals surface area contributed by atoms with E-state index in [4.69, 9.17) is 9.84 Å². The zero-order valence-electron chi connectivity index (χ0n) is 18.1. The summed E-state index contributed by atoms with van der Waals surface area (Å²) in [7, 11) is 1.62. The van der Waals surface area contributed by atoms with Crippen molar-refractivity contribution in [2.45, 2.75) is 13.0 Å². The van der Waals surface area contributed by atoms with Crippen molar-refractivity contribution in [3.8, 4) is 17.1 Å². The number of amides is 1. The molecule has 1 amide bonds. The number of carbonyl (C=O) groups is 1. The van der Waals surface area contributed by atoms with Gasteiger partial charge in [0.25, 0.3) is 5.91 Å². The van der Waals surface area contributed by atoms with Gasteiger partial charge in [-0.05, 0) is 55.5 Å². The van der Waals surface area contributed by atoms with E-state index < -0.39 is 6.04 Å². The summed E-state index contributed by atoms with van der Waals surface area (Å²) in [6, 6.07) is 16.1. The first kappa shape index (κ1) is 20.4. The number of aromatic nitrogens is 5. The monoisotopic (exact) mass is 439 g/mol. The zero-order valence-corrected chi connectivity index (χ0v) is 18.1. The molecule has 0 saturated heterocycles. The lowest BCUT2D eigenvalue weighted by molar-refractivity contribution is -0.113. The summed E-state index contributed by atoms with van der Waals surface area (Å²) in [5.74, 6) is 1.55. The van der Waals surface area contributed by atoms with Crippen LogP contribution in [0.4, 0.5) is 11.6 Å². The van der Waals surface area contributed by atoms with E-state index in [0.29, 0.717) is 34.4 Å². The number of nitrogens with zero attached hydrogens (tertiary/aromatic N) is 5. The highest BCUT2D eigenvalue weighted by Crippen LogP contribution is 2.36. The van der Waals surface area contributed by atoms with E-state index >= 15 is 0 Å². The number of ether oxygens (including phenoxy) is 1. The maximum absolute atomic E-state index is 13.4. The lowest BCUT2D eigenvalue weighted by Crippen LogP contribution is -2.32. The number of nitrogens with one attached hydrogen (secondary N) is 2. The van der Waals surface area contributed by atoms with Crippen LogP contribution in [0.5, 0.6) is 5.75 Å². The SMILES string of the molecule is COc1ccc(-c2nc3n(n2)[C@H](c2ccccn2)C(C(=O)Nc2cccnc2)=C(C)N3)cc1. The second-order valence-corrected chi connectivity index (χ2v) is 7.45. The van der Waals surface area contributed by atoms with Crippen LogP contribution in [0, 0.1) is 0 Å². The molecule has 0 spiro atoms. The van der Waals surface area contributed by atoms with Crippen LogP contribution in [0.1, 0.15) is 18.7 Å². The molecule has 0 aliphatic carbocycles. The molecule has 4 heterocycles. The summed E-state index contributed by atoms with van der Waals surface area (Å²) in [4.78, 5) is 26.6. The molecule has 3 aromatic heterocycles. The number of carbonyl (C=O) groups excluding carboxylic acids is 1. The molecule has 5 rings (SSSR count). The smallest absolute Gasteiger partial charge is 0.255 e. The van der Waals surface area contributed by atoms with Gasteiger partial charge < -0.3 is 15.4 Å². The molecule has 9 heteroatoms. The predicted octanol–water partition coefficient (Wildman–Crippen LogP) is 3.67. The topological polar surface area (TPSA) is 107 Å². The van der Waals surface area contributed by atoms with Crippen molar-refractivity contribution in [3.63, 3.8) is 0 Å². The number of hydrogen-bond donors (Lipinski definition) is 2. The fourth-order valence-electron chi connectivity index (χ4n) is 3.75. The summed E-state index contributed by atoms with van der Waals surface area (Å²) in [5.41, 5.74) is 3.29. The first-order valence-corrected chi connectivity index (χ1v) is 10.3. The van der Waals surface area contributed by atoms with E-state index in [0.717, 1.165) is 11.3 Å². The van der Waals surface area contributed by atoms with Gasteiger partial charge in [0.05, 0.1) is 30.3 Å². The van der Waals surface area contributed by atoms with Crippen LogP contribution < -0.4 is 15.4 Å². The Hall–Kier alpha value is -4.53. The number of benzene rings is 1. The minimum atomic E-state index is -0.557. The lowest BCUT2D eigenvalue weighted by Gasteiger charge is -2.27. The molecular formula is C24H21N7O2. The summed E-state index contributed by atoms with van der Waals surface area (Å²) in [6.45, 7) is 1.85. The third-order valence-corrected chi connectivity index (χ3v) is 5.33. The summed E-state index contributed by atoms with van der Waals surface area (Å²) in [6.07, 6.45) is 4.95. The lowest BCUT2D eigenvalue weighted by atomic mass is 9.98. The standard InChI is InChI=1S/C24H21N7O2/c1-15-20(23(32)28-17-6-5-12-25-14-17)21(19-7-3-4-13-26-19)31-24(27-15)29-22(30-31)16-8-10-18(33-2)11-9-16/h3-14,21H,1-2H3,(H,28,32)(H,27,29,30)/t21-/m1/s1. The molecule has 1 aliphatic rings. The molecule has 33 heavy (non-hydrogen) atoms. The summed E-state index contributed by atoms with van der Waals surface area (Å²) in [5, 5.41) is 10.9. The van der Waals surface area contributed by atoms with E-state index in [1.54, 1.807) is 42.5 Å². The average molecular weight is 439 g/mol. The second kappa shape index (κ2) is 8.54. The minimum Gasteiger partial charge on any atom is -0.497 e. The van der Waals surface area contributed by atoms with Crippen LogP contribution >= 0.6 is 0 Å². The van der Waals surface area contributed by atoms with Gasteiger partial charge in [-0.1, -0.05) is 6.07 Å². The maximum Gasteiger partial charge on any atom is 0.255 e. The molecule has 0 bridgehead atoms. The molecule has 0 saturated carbocycles. The van der Waals surface area contributed by atoms with Gasteiger partial charge in [0.2, 0.25) is 5.95 Å². The quantitative estimate of drug-likeness (QED) is 0.489. The molecule has 9 nitrogen and oxygen atoms in total. The number of hydrogen-bond acceptors (Lipinski definition) is 7. The van der Waals surface area contributed by atoms with Gasteiger partial charge in [0.15, 0.2) is 5.82 Å². The van der Waals surface area contributed by atoms with Crippen molar-refractivity contribution in [3.05, 3.63) is 90.2 Å². The fourth-order valence-corrected chi connectivity index (χ4v) is 3.75. The van der Waals surface area contributed by atoms with E-state index in [1.165, 1.54) is 0 Å². The number of allylic oxidation sites excluding steroid dienone is 1. The normalized spacial score (nSPS) is 14.9. The van der Waals surface area contributed by atoms with Gasteiger partial charge in [-0.15, -0.1) is 5.10 Å². The Balaban J connectivity index is 1.57. The number of anilines is 2. The first-order valence-electron chi connectivity index (χ1n) is 10.3. The highest BCUT2D eigenvalue weighted by molar-refractivity contribution is 6.05. The van der Waals surface area contributed by atoms with Crippen molar-refractivity contribution >= 4 is 17.5 Å². The fraction of sp³-hybridized carbons (Fsp3) is 0.125. The largest absolute Gasteiger partial charge is 0.497 e. The highest BCUT2D eigenvalue weighted by Gasteiger charge is 2.35. The molecule has 1 aromatic carbocycles. The maximum atomic E-state index is 13.4. The van der Waals surface area contributed by atoms with Gasteiger partial charge in [-0.2, -0.15) is 4.98 Å². The van der Waals surface area contributed by atoms with E-state index in [-0.39, 0.29) is 5.91 Å². The highest BCUT2D eigenvalue weighted by atomic mass is 16.5. The number of rotatable bonds is 5. The third-order valence-electron chi connectivity index (χ3n) is 5.33. The van der Waals surface area contributed by atoms with Crippen molar-refractivity contribution < 1.29 is 9.53 Å². The molecule has 1 aliphatic heterocycles. The van der Waals surface area contributed by atoms with Crippen LogP contribution in [0.25, 0.3) is 11.4 Å².